The molecule has 0 fully saturated rings. The number of nitrogens with one attached hydrogen (secondary N) is 1. The summed E-state index contributed by atoms with van der Waals surface area (Å²) in [5, 5.41) is 16.9. The molecule has 2 N–H and O–H groups in total. The minimum Gasteiger partial charge on any atom is -0.444 e. The van der Waals surface area contributed by atoms with Gasteiger partial charge in [-0.3, -0.25) is 9.48 Å². The van der Waals surface area contributed by atoms with Gasteiger partial charge >= 0.3 is 0 Å². The van der Waals surface area contributed by atoms with Crippen LogP contribution in [-0.2, 0) is 12.6 Å². The van der Waals surface area contributed by atoms with Crippen molar-refractivity contribution < 1.29 is 14.3 Å². The van der Waals surface area contributed by atoms with Crippen molar-refractivity contribution in [3.8, 4) is 0 Å². The van der Waals surface area contributed by atoms with Crippen LogP contribution in [0.3, 0.4) is 0 Å². The second kappa shape index (κ2) is 5.18. The van der Waals surface area contributed by atoms with E-state index in [0.717, 1.165) is 0 Å². The number of rotatable bonds is 4. The Kier molecular flexibility index (Phi) is 3.77. The van der Waals surface area contributed by atoms with Crippen LogP contribution in [0.2, 0.25) is 0 Å². The highest BCUT2D eigenvalue weighted by molar-refractivity contribution is 9.10. The lowest BCUT2D eigenvalue weighted by atomic mass is 10.00. The van der Waals surface area contributed by atoms with Gasteiger partial charge in [0.1, 0.15) is 5.60 Å². The summed E-state index contributed by atoms with van der Waals surface area (Å²) in [6.07, 6.45) is 3.27. The maximum atomic E-state index is 11.8. The number of carbonyl (C=O) groups excluding carboxylic acids is 1. The molecule has 0 aliphatic heterocycles. The molecule has 2 aromatic rings. The first-order chi connectivity index (χ1) is 8.88. The third kappa shape index (κ3) is 3.24. The average Bonchev–Trinajstić information content (AvgIpc) is 2.95. The van der Waals surface area contributed by atoms with Crippen molar-refractivity contribution in [1.29, 1.82) is 0 Å². The van der Waals surface area contributed by atoms with E-state index in [0.29, 0.717) is 10.2 Å². The second-order valence-corrected chi connectivity index (χ2v) is 5.24. The third-order valence-corrected chi connectivity index (χ3v) is 3.14. The number of halogens is 1. The van der Waals surface area contributed by atoms with E-state index in [1.807, 2.05) is 0 Å². The summed E-state index contributed by atoms with van der Waals surface area (Å²) in [7, 11) is 1.76. The Bertz CT molecular complexity index is 589. The first kappa shape index (κ1) is 13.8. The van der Waals surface area contributed by atoms with Crippen LogP contribution in [0, 0.1) is 0 Å². The van der Waals surface area contributed by atoms with Gasteiger partial charge in [-0.2, -0.15) is 5.10 Å². The normalized spacial score (nSPS) is 14.1. The van der Waals surface area contributed by atoms with Crippen LogP contribution in [0.5, 0.6) is 0 Å². The Balaban J connectivity index is 2.00. The van der Waals surface area contributed by atoms with E-state index in [1.165, 1.54) is 0 Å². The van der Waals surface area contributed by atoms with Crippen molar-refractivity contribution in [1.82, 2.24) is 15.1 Å². The van der Waals surface area contributed by atoms with E-state index in [9.17, 15) is 9.90 Å². The highest BCUT2D eigenvalue weighted by Crippen LogP contribution is 2.19. The van der Waals surface area contributed by atoms with Gasteiger partial charge in [-0.15, -0.1) is 0 Å². The first-order valence-electron chi connectivity index (χ1n) is 5.63. The van der Waals surface area contributed by atoms with E-state index in [2.05, 4.69) is 26.3 Å². The molecule has 19 heavy (non-hydrogen) atoms. The Hall–Kier alpha value is -1.60. The number of hydrogen-bond acceptors (Lipinski definition) is 4. The number of hydrogen-bond donors (Lipinski definition) is 2. The molecule has 6 nitrogen and oxygen atoms in total. The number of nitrogens with zero attached hydrogens (tertiary/aromatic N) is 2. The van der Waals surface area contributed by atoms with Crippen molar-refractivity contribution in [3.63, 3.8) is 0 Å². The largest absolute Gasteiger partial charge is 0.444 e. The molecule has 102 valence electrons. The van der Waals surface area contributed by atoms with Gasteiger partial charge in [0.2, 0.25) is 0 Å². The van der Waals surface area contributed by atoms with Crippen LogP contribution in [-0.4, -0.2) is 27.3 Å². The quantitative estimate of drug-likeness (QED) is 0.889. The standard InChI is InChI=1S/C12H14BrN3O3/c1-12(18,8-5-15-16(2)6-8)7-14-11(17)9-3-4-10(13)19-9/h3-6,18H,7H2,1-2H3,(H,14,17). The summed E-state index contributed by atoms with van der Waals surface area (Å²) >= 11 is 3.12. The highest BCUT2D eigenvalue weighted by atomic mass is 79.9. The Labute approximate surface area is 118 Å². The fraction of sp³-hybridized carbons (Fsp3) is 0.333. The number of furan rings is 1. The first-order valence-corrected chi connectivity index (χ1v) is 6.43. The Morgan fingerprint density at radius 1 is 1.63 bits per heavy atom. The van der Waals surface area contributed by atoms with Gasteiger partial charge in [-0.05, 0) is 35.0 Å². The molecular formula is C12H14BrN3O3. The molecule has 0 aromatic carbocycles. The SMILES string of the molecule is Cn1cc(C(C)(O)CNC(=O)c2ccc(Br)o2)cn1. The molecule has 0 aliphatic rings. The molecule has 0 radical (unpaired) electrons. The van der Waals surface area contributed by atoms with Gasteiger partial charge in [0.25, 0.3) is 5.91 Å². The van der Waals surface area contributed by atoms with Gasteiger partial charge in [-0.25, -0.2) is 0 Å². The smallest absolute Gasteiger partial charge is 0.287 e. The Morgan fingerprint density at radius 3 is 2.89 bits per heavy atom. The molecule has 0 spiro atoms. The minimum absolute atomic E-state index is 0.0653. The number of amides is 1. The van der Waals surface area contributed by atoms with E-state index >= 15 is 0 Å². The minimum atomic E-state index is -1.19. The molecule has 7 heteroatoms. The lowest BCUT2D eigenvalue weighted by Gasteiger charge is -2.21. The summed E-state index contributed by atoms with van der Waals surface area (Å²) in [6, 6.07) is 3.19. The molecule has 1 amide bonds. The third-order valence-electron chi connectivity index (χ3n) is 2.72. The van der Waals surface area contributed by atoms with Crippen LogP contribution in [0.15, 0.2) is 33.6 Å². The molecule has 1 atom stereocenters. The highest BCUT2D eigenvalue weighted by Gasteiger charge is 2.26. The lowest BCUT2D eigenvalue weighted by Crippen LogP contribution is -2.38. The maximum Gasteiger partial charge on any atom is 0.287 e. The number of aliphatic hydroxyl groups is 1. The molecule has 2 rings (SSSR count). The van der Waals surface area contributed by atoms with Gasteiger partial charge in [-0.1, -0.05) is 0 Å². The molecule has 0 saturated carbocycles. The van der Waals surface area contributed by atoms with E-state index in [4.69, 9.17) is 4.42 Å². The Morgan fingerprint density at radius 2 is 2.37 bits per heavy atom. The summed E-state index contributed by atoms with van der Waals surface area (Å²) in [4.78, 5) is 11.8. The van der Waals surface area contributed by atoms with Gasteiger partial charge in [0, 0.05) is 18.8 Å². The van der Waals surface area contributed by atoms with Gasteiger partial charge < -0.3 is 14.8 Å². The van der Waals surface area contributed by atoms with Crippen molar-refractivity contribution in [2.24, 2.45) is 7.05 Å². The second-order valence-electron chi connectivity index (χ2n) is 4.46. The molecule has 2 heterocycles. The summed E-state index contributed by atoms with van der Waals surface area (Å²) in [6.45, 7) is 1.68. The van der Waals surface area contributed by atoms with Gasteiger partial charge in [0.15, 0.2) is 10.4 Å². The zero-order valence-corrected chi connectivity index (χ0v) is 12.1. The fourth-order valence-corrected chi connectivity index (χ4v) is 1.88. The number of aryl methyl sites for hydroxylation is 1. The van der Waals surface area contributed by atoms with Crippen LogP contribution in [0.25, 0.3) is 0 Å². The molecule has 0 aliphatic carbocycles. The zero-order valence-electron chi connectivity index (χ0n) is 10.6. The predicted octanol–water partition coefficient (Wildman–Crippen LogP) is 1.41. The van der Waals surface area contributed by atoms with Crippen LogP contribution in [0.4, 0.5) is 0 Å². The number of carbonyl (C=O) groups is 1. The van der Waals surface area contributed by atoms with E-state index in [1.54, 1.807) is 43.2 Å². The fourth-order valence-electron chi connectivity index (χ4n) is 1.58. The van der Waals surface area contributed by atoms with Crippen molar-refractivity contribution in [2.45, 2.75) is 12.5 Å². The lowest BCUT2D eigenvalue weighted by molar-refractivity contribution is 0.0518. The van der Waals surface area contributed by atoms with Crippen molar-refractivity contribution in [2.75, 3.05) is 6.54 Å². The molecular weight excluding hydrogens is 314 g/mol. The maximum absolute atomic E-state index is 11.8. The van der Waals surface area contributed by atoms with E-state index in [-0.39, 0.29) is 18.2 Å². The topological polar surface area (TPSA) is 80.3 Å². The molecule has 1 unspecified atom stereocenters. The molecule has 0 saturated heterocycles. The molecule has 2 aromatic heterocycles. The predicted molar refractivity (Wildman–Crippen MR) is 71.5 cm³/mol. The van der Waals surface area contributed by atoms with Crippen molar-refractivity contribution in [3.05, 3.63) is 40.5 Å². The number of aromatic nitrogens is 2. The zero-order chi connectivity index (χ0) is 14.0. The summed E-state index contributed by atoms with van der Waals surface area (Å²) in [5.41, 5.74) is -0.552. The van der Waals surface area contributed by atoms with Crippen LogP contribution >= 0.6 is 15.9 Å². The van der Waals surface area contributed by atoms with E-state index < -0.39 is 5.60 Å². The molecule has 0 bridgehead atoms. The summed E-state index contributed by atoms with van der Waals surface area (Å²) < 4.78 is 7.20. The summed E-state index contributed by atoms with van der Waals surface area (Å²) in [5.74, 6) is -0.191. The van der Waals surface area contributed by atoms with Crippen LogP contribution < -0.4 is 5.32 Å². The average molecular weight is 328 g/mol. The van der Waals surface area contributed by atoms with Crippen molar-refractivity contribution >= 4 is 21.8 Å². The van der Waals surface area contributed by atoms with Gasteiger partial charge in [0.05, 0.1) is 12.7 Å². The van der Waals surface area contributed by atoms with Crippen LogP contribution in [0.1, 0.15) is 23.0 Å². The monoisotopic (exact) mass is 327 g/mol.